The summed E-state index contributed by atoms with van der Waals surface area (Å²) in [6, 6.07) is 0.240. The highest BCUT2D eigenvalue weighted by Crippen LogP contribution is 2.33. The summed E-state index contributed by atoms with van der Waals surface area (Å²) in [7, 11) is 1.78. The van der Waals surface area contributed by atoms with E-state index in [9.17, 15) is 4.79 Å². The summed E-state index contributed by atoms with van der Waals surface area (Å²) in [6.45, 7) is 8.79. The molecule has 4 nitrogen and oxygen atoms in total. The van der Waals surface area contributed by atoms with Gasteiger partial charge in [-0.1, -0.05) is 34.1 Å². The molecule has 1 heterocycles. The molecule has 1 amide bonds. The van der Waals surface area contributed by atoms with Crippen molar-refractivity contribution in [2.45, 2.75) is 84.2 Å². The predicted molar refractivity (Wildman–Crippen MR) is 84.9 cm³/mol. The van der Waals surface area contributed by atoms with Crippen LogP contribution in [0.25, 0.3) is 0 Å². The molecule has 1 aliphatic carbocycles. The van der Waals surface area contributed by atoms with Crippen LogP contribution < -0.4 is 5.32 Å². The van der Waals surface area contributed by atoms with Crippen molar-refractivity contribution in [1.29, 1.82) is 0 Å². The van der Waals surface area contributed by atoms with Crippen molar-refractivity contribution in [1.82, 2.24) is 10.2 Å². The maximum Gasteiger partial charge on any atom is 0.241 e. The normalized spacial score (nSPS) is 35.0. The molecule has 5 atom stereocenters. The Labute approximate surface area is 129 Å². The van der Waals surface area contributed by atoms with Crippen molar-refractivity contribution in [3.63, 3.8) is 0 Å². The molecular formula is C17H32N2O2. The zero-order chi connectivity index (χ0) is 15.6. The molecular weight excluding hydrogens is 264 g/mol. The summed E-state index contributed by atoms with van der Waals surface area (Å²) in [5, 5.41) is 3.62. The van der Waals surface area contributed by atoms with E-state index in [2.05, 4.69) is 37.9 Å². The van der Waals surface area contributed by atoms with E-state index in [0.717, 1.165) is 32.1 Å². The Balaban J connectivity index is 2.19. The number of hydrogen-bond donors (Lipinski definition) is 1. The first-order valence-corrected chi connectivity index (χ1v) is 8.60. The molecule has 4 heteroatoms. The van der Waals surface area contributed by atoms with Gasteiger partial charge in [0.25, 0.3) is 0 Å². The highest BCUT2D eigenvalue weighted by molar-refractivity contribution is 5.85. The second-order valence-electron chi connectivity index (χ2n) is 7.19. The van der Waals surface area contributed by atoms with Gasteiger partial charge in [0.2, 0.25) is 5.91 Å². The van der Waals surface area contributed by atoms with Gasteiger partial charge >= 0.3 is 0 Å². The van der Waals surface area contributed by atoms with Crippen LogP contribution in [-0.2, 0) is 9.53 Å². The van der Waals surface area contributed by atoms with Gasteiger partial charge in [0, 0.05) is 7.11 Å². The Morgan fingerprint density at radius 3 is 2.62 bits per heavy atom. The Hall–Kier alpha value is -0.610. The summed E-state index contributed by atoms with van der Waals surface area (Å²) in [5.74, 6) is 1.26. The average Bonchev–Trinajstić information content (AvgIpc) is 3.01. The van der Waals surface area contributed by atoms with Crippen molar-refractivity contribution in [3.05, 3.63) is 0 Å². The van der Waals surface area contributed by atoms with Gasteiger partial charge in [-0.05, 0) is 37.5 Å². The van der Waals surface area contributed by atoms with Crippen LogP contribution in [-0.4, -0.2) is 42.3 Å². The monoisotopic (exact) mass is 296 g/mol. The number of rotatable bonds is 6. The SMILES string of the molecule is CCC(C)C1NC(CC(C)C)N(C2CCCC2OC)C1=O. The van der Waals surface area contributed by atoms with Crippen LogP contribution in [0.2, 0.25) is 0 Å². The molecule has 1 saturated carbocycles. The molecule has 1 saturated heterocycles. The lowest BCUT2D eigenvalue weighted by Crippen LogP contribution is -2.49. The smallest absolute Gasteiger partial charge is 0.241 e. The third-order valence-corrected chi connectivity index (χ3v) is 5.21. The van der Waals surface area contributed by atoms with Crippen LogP contribution in [0.5, 0.6) is 0 Å². The zero-order valence-corrected chi connectivity index (χ0v) is 14.3. The number of ether oxygens (including phenoxy) is 1. The highest BCUT2D eigenvalue weighted by atomic mass is 16.5. The van der Waals surface area contributed by atoms with Gasteiger partial charge < -0.3 is 9.64 Å². The van der Waals surface area contributed by atoms with Crippen molar-refractivity contribution in [3.8, 4) is 0 Å². The lowest BCUT2D eigenvalue weighted by Gasteiger charge is -2.34. The van der Waals surface area contributed by atoms with E-state index < -0.39 is 0 Å². The van der Waals surface area contributed by atoms with E-state index >= 15 is 0 Å². The van der Waals surface area contributed by atoms with Gasteiger partial charge in [-0.25, -0.2) is 0 Å². The molecule has 0 aromatic carbocycles. The molecule has 0 aromatic heterocycles. The first-order valence-electron chi connectivity index (χ1n) is 8.60. The van der Waals surface area contributed by atoms with Crippen LogP contribution >= 0.6 is 0 Å². The number of amides is 1. The first-order chi connectivity index (χ1) is 9.99. The van der Waals surface area contributed by atoms with Crippen molar-refractivity contribution < 1.29 is 9.53 Å². The second kappa shape index (κ2) is 7.10. The summed E-state index contributed by atoms with van der Waals surface area (Å²) in [4.78, 5) is 15.1. The van der Waals surface area contributed by atoms with Crippen molar-refractivity contribution in [2.75, 3.05) is 7.11 Å². The molecule has 0 bridgehead atoms. The van der Waals surface area contributed by atoms with Crippen LogP contribution in [0, 0.1) is 11.8 Å². The largest absolute Gasteiger partial charge is 0.379 e. The lowest BCUT2D eigenvalue weighted by molar-refractivity contribution is -0.135. The molecule has 2 rings (SSSR count). The van der Waals surface area contributed by atoms with E-state index in [1.165, 1.54) is 0 Å². The summed E-state index contributed by atoms with van der Waals surface area (Å²) in [5.41, 5.74) is 0. The van der Waals surface area contributed by atoms with Gasteiger partial charge in [0.1, 0.15) is 0 Å². The highest BCUT2D eigenvalue weighted by Gasteiger charge is 2.47. The minimum atomic E-state index is -0.0168. The average molecular weight is 296 g/mol. The molecule has 1 N–H and O–H groups in total. The number of methoxy groups -OCH3 is 1. The lowest BCUT2D eigenvalue weighted by atomic mass is 9.99. The zero-order valence-electron chi connectivity index (χ0n) is 14.3. The van der Waals surface area contributed by atoms with Crippen LogP contribution in [0.1, 0.15) is 59.8 Å². The minimum Gasteiger partial charge on any atom is -0.379 e. The van der Waals surface area contributed by atoms with E-state index in [0.29, 0.717) is 17.7 Å². The minimum absolute atomic E-state index is 0.0168. The standard InChI is InChI=1S/C17H32N2O2/c1-6-12(4)16-17(20)19(15(18-16)10-11(2)3)13-8-7-9-14(13)21-5/h11-16,18H,6-10H2,1-5H3. The van der Waals surface area contributed by atoms with Crippen LogP contribution in [0.15, 0.2) is 0 Å². The van der Waals surface area contributed by atoms with Gasteiger partial charge in [-0.3, -0.25) is 10.1 Å². The van der Waals surface area contributed by atoms with Crippen LogP contribution in [0.4, 0.5) is 0 Å². The third kappa shape index (κ3) is 3.42. The Morgan fingerprint density at radius 1 is 1.33 bits per heavy atom. The molecule has 5 unspecified atom stereocenters. The van der Waals surface area contributed by atoms with Gasteiger partial charge in [0.05, 0.1) is 24.4 Å². The maximum absolute atomic E-state index is 13.0. The van der Waals surface area contributed by atoms with E-state index in [-0.39, 0.29) is 24.4 Å². The number of nitrogens with zero attached hydrogens (tertiary/aromatic N) is 1. The molecule has 2 fully saturated rings. The van der Waals surface area contributed by atoms with Gasteiger partial charge in [-0.2, -0.15) is 0 Å². The predicted octanol–water partition coefficient (Wildman–Crippen LogP) is 2.77. The maximum atomic E-state index is 13.0. The first kappa shape index (κ1) is 16.8. The van der Waals surface area contributed by atoms with Crippen LogP contribution in [0.3, 0.4) is 0 Å². The fourth-order valence-electron chi connectivity index (χ4n) is 3.84. The van der Waals surface area contributed by atoms with E-state index in [1.807, 2.05) is 0 Å². The number of nitrogens with one attached hydrogen (secondary N) is 1. The van der Waals surface area contributed by atoms with Crippen molar-refractivity contribution in [2.24, 2.45) is 11.8 Å². The number of carbonyl (C=O) groups is 1. The number of hydrogen-bond acceptors (Lipinski definition) is 3. The fourth-order valence-corrected chi connectivity index (χ4v) is 3.84. The second-order valence-corrected chi connectivity index (χ2v) is 7.19. The number of carbonyl (C=O) groups excluding carboxylic acids is 1. The molecule has 1 aliphatic heterocycles. The topological polar surface area (TPSA) is 41.6 Å². The van der Waals surface area contributed by atoms with Gasteiger partial charge in [0.15, 0.2) is 0 Å². The summed E-state index contributed by atoms with van der Waals surface area (Å²) < 4.78 is 5.64. The van der Waals surface area contributed by atoms with E-state index in [4.69, 9.17) is 4.74 Å². The molecule has 21 heavy (non-hydrogen) atoms. The third-order valence-electron chi connectivity index (χ3n) is 5.21. The Morgan fingerprint density at radius 2 is 2.05 bits per heavy atom. The molecule has 0 radical (unpaired) electrons. The fraction of sp³-hybridized carbons (Fsp3) is 0.941. The van der Waals surface area contributed by atoms with E-state index in [1.54, 1.807) is 7.11 Å². The van der Waals surface area contributed by atoms with Crippen molar-refractivity contribution >= 4 is 5.91 Å². The quantitative estimate of drug-likeness (QED) is 0.819. The molecule has 122 valence electrons. The molecule has 2 aliphatic rings. The summed E-state index contributed by atoms with van der Waals surface area (Å²) >= 11 is 0. The van der Waals surface area contributed by atoms with Gasteiger partial charge in [-0.15, -0.1) is 0 Å². The molecule has 0 aromatic rings. The Kier molecular flexibility index (Phi) is 5.67. The molecule has 0 spiro atoms. The Bertz CT molecular complexity index is 359. The summed E-state index contributed by atoms with van der Waals surface area (Å²) in [6.07, 6.45) is 5.75.